The molecule has 0 aliphatic carbocycles. The normalized spacial score (nSPS) is 12.0. The van der Waals surface area contributed by atoms with Crippen LogP contribution in [-0.2, 0) is 10.8 Å². The highest BCUT2D eigenvalue weighted by Crippen LogP contribution is 2.44. The molecular formula is C53H35N7OS. The Morgan fingerprint density at radius 2 is 1.16 bits per heavy atom. The molecule has 7 aromatic carbocycles. The van der Waals surface area contributed by atoms with Gasteiger partial charge in [0, 0.05) is 54.0 Å². The summed E-state index contributed by atoms with van der Waals surface area (Å²) in [5.74, 6) is 1.60. The summed E-state index contributed by atoms with van der Waals surface area (Å²) < 4.78 is 20.6. The van der Waals surface area contributed by atoms with Crippen molar-refractivity contribution >= 4 is 87.3 Å². The van der Waals surface area contributed by atoms with Gasteiger partial charge in [0.2, 0.25) is 0 Å². The lowest BCUT2D eigenvalue weighted by atomic mass is 10.1. The summed E-state index contributed by atoms with van der Waals surface area (Å²) >= 11 is 0. The molecule has 62 heavy (non-hydrogen) atoms. The number of pyridine rings is 1. The molecule has 0 saturated carbocycles. The molecule has 1 atom stereocenters. The van der Waals surface area contributed by atoms with Crippen LogP contribution in [0, 0.1) is 11.3 Å². The molecule has 1 unspecified atom stereocenters. The maximum Gasteiger partial charge on any atom is 0.156 e. The second-order valence-corrected chi connectivity index (χ2v) is 16.5. The fraction of sp³-hybridized carbons (Fsp3) is 0.0189. The van der Waals surface area contributed by atoms with Crippen molar-refractivity contribution in [1.29, 1.82) is 5.26 Å². The zero-order chi connectivity index (χ0) is 41.9. The molecule has 0 N–H and O–H groups in total. The lowest BCUT2D eigenvalue weighted by Crippen LogP contribution is -1.99. The van der Waals surface area contributed by atoms with Crippen LogP contribution < -0.4 is 0 Å². The predicted molar refractivity (Wildman–Crippen MR) is 252 cm³/mol. The highest BCUT2D eigenvalue weighted by molar-refractivity contribution is 7.85. The number of rotatable bonds is 5. The van der Waals surface area contributed by atoms with E-state index in [1.165, 1.54) is 0 Å². The van der Waals surface area contributed by atoms with E-state index in [9.17, 15) is 9.47 Å². The second-order valence-electron chi connectivity index (χ2n) is 15.0. The summed E-state index contributed by atoms with van der Waals surface area (Å²) in [4.78, 5) is 16.1. The Bertz CT molecular complexity index is 3800. The van der Waals surface area contributed by atoms with Crippen molar-refractivity contribution in [3.63, 3.8) is 0 Å². The molecule has 5 aromatic heterocycles. The quantitative estimate of drug-likeness (QED) is 0.161. The van der Waals surface area contributed by atoms with Crippen LogP contribution in [0.5, 0.6) is 0 Å². The third-order valence-electron chi connectivity index (χ3n) is 11.4. The van der Waals surface area contributed by atoms with Crippen LogP contribution in [-0.4, -0.2) is 32.9 Å². The number of allylic oxidation sites excluding steroid dienone is 1. The lowest BCUT2D eigenvalue weighted by Gasteiger charge is -2.11. The first-order chi connectivity index (χ1) is 30.6. The summed E-state index contributed by atoms with van der Waals surface area (Å²) in [5, 5.41) is 15.9. The van der Waals surface area contributed by atoms with E-state index in [1.807, 2.05) is 67.8 Å². The van der Waals surface area contributed by atoms with Crippen LogP contribution in [0.1, 0.15) is 12.5 Å². The van der Waals surface area contributed by atoms with Crippen molar-refractivity contribution in [2.75, 3.05) is 0 Å². The summed E-state index contributed by atoms with van der Waals surface area (Å²) in [6.07, 6.45) is 5.44. The van der Waals surface area contributed by atoms with Gasteiger partial charge >= 0.3 is 0 Å². The maximum absolute atomic E-state index is 13.8. The number of hydrogen-bond donors (Lipinski definition) is 0. The Balaban J connectivity index is 0.00000140. The van der Waals surface area contributed by atoms with Gasteiger partial charge in [-0.15, -0.1) is 6.58 Å². The number of para-hydroxylation sites is 4. The van der Waals surface area contributed by atoms with E-state index < -0.39 is 10.8 Å². The standard InChI is InChI=1S/C50H29N7OS.C3H6/c51-29-31-16-20-33(21-17-31)59(58)34-22-18-32(19-23-34)55-45-27-38-35-9-1-5-13-42(35)57(47-15-7-8-26-52-47)46(38)28-39(45)36-24-25-44-49(50(36)55)37-10-2-6-14-43(37)56(44)48-30-53-40-11-3-4-12-41(40)54-48;1-3-2/h1-28,30H;3H,1H2,2H3. The van der Waals surface area contributed by atoms with Gasteiger partial charge in [0.25, 0.3) is 0 Å². The lowest BCUT2D eigenvalue weighted by molar-refractivity contribution is 0.683. The Hall–Kier alpha value is -8.19. The highest BCUT2D eigenvalue weighted by atomic mass is 32.2. The molecular weight excluding hydrogens is 783 g/mol. The van der Waals surface area contributed by atoms with Gasteiger partial charge in [-0.25, -0.2) is 14.2 Å². The van der Waals surface area contributed by atoms with Gasteiger partial charge < -0.3 is 4.57 Å². The largest absolute Gasteiger partial charge is 0.309 e. The number of hydrogen-bond acceptors (Lipinski definition) is 5. The molecule has 12 rings (SSSR count). The minimum Gasteiger partial charge on any atom is -0.309 e. The van der Waals surface area contributed by atoms with E-state index in [0.717, 1.165) is 93.8 Å². The Labute approximate surface area is 358 Å². The molecule has 0 aliphatic rings. The summed E-state index contributed by atoms with van der Waals surface area (Å²) in [6, 6.07) is 57.1. The summed E-state index contributed by atoms with van der Waals surface area (Å²) in [6.45, 7) is 5.25. The Morgan fingerprint density at radius 3 is 1.87 bits per heavy atom. The van der Waals surface area contributed by atoms with E-state index in [4.69, 9.17) is 15.0 Å². The number of nitriles is 1. The van der Waals surface area contributed by atoms with Crippen molar-refractivity contribution in [3.8, 4) is 23.4 Å². The topological polar surface area (TPSA) is 94.3 Å². The van der Waals surface area contributed by atoms with Gasteiger partial charge in [-0.1, -0.05) is 66.7 Å². The molecule has 0 aliphatic heterocycles. The summed E-state index contributed by atoms with van der Waals surface area (Å²) in [7, 11) is -1.43. The third-order valence-corrected chi connectivity index (χ3v) is 12.8. The van der Waals surface area contributed by atoms with Crippen molar-refractivity contribution in [2.45, 2.75) is 16.7 Å². The fourth-order valence-corrected chi connectivity index (χ4v) is 9.87. The number of benzene rings is 7. The van der Waals surface area contributed by atoms with Crippen molar-refractivity contribution in [1.82, 2.24) is 28.7 Å². The molecule has 8 nitrogen and oxygen atoms in total. The molecule has 0 bridgehead atoms. The number of nitrogens with zero attached hydrogens (tertiary/aromatic N) is 7. The molecule has 0 spiro atoms. The molecule has 0 saturated heterocycles. The van der Waals surface area contributed by atoms with Gasteiger partial charge in [-0.2, -0.15) is 5.26 Å². The summed E-state index contributed by atoms with van der Waals surface area (Å²) in [5.41, 5.74) is 9.45. The van der Waals surface area contributed by atoms with Gasteiger partial charge in [-0.05, 0) is 110 Å². The van der Waals surface area contributed by atoms with Crippen molar-refractivity contribution in [3.05, 3.63) is 194 Å². The molecule has 0 amide bonds. The van der Waals surface area contributed by atoms with Gasteiger partial charge in [0.1, 0.15) is 5.82 Å². The zero-order valence-electron chi connectivity index (χ0n) is 33.5. The van der Waals surface area contributed by atoms with Crippen LogP contribution in [0.3, 0.4) is 0 Å². The van der Waals surface area contributed by atoms with E-state index in [1.54, 1.807) is 30.3 Å². The minimum atomic E-state index is -1.43. The van der Waals surface area contributed by atoms with Gasteiger partial charge in [0.05, 0.1) is 72.8 Å². The van der Waals surface area contributed by atoms with Crippen LogP contribution in [0.15, 0.2) is 199 Å². The van der Waals surface area contributed by atoms with Crippen LogP contribution in [0.25, 0.3) is 93.8 Å². The average molecular weight is 818 g/mol. The number of aromatic nitrogens is 6. The first kappa shape index (κ1) is 36.9. The third kappa shape index (κ3) is 5.73. The fourth-order valence-electron chi connectivity index (χ4n) is 8.83. The van der Waals surface area contributed by atoms with E-state index >= 15 is 0 Å². The molecule has 0 radical (unpaired) electrons. The van der Waals surface area contributed by atoms with Gasteiger partial charge in [0.15, 0.2) is 5.82 Å². The van der Waals surface area contributed by atoms with E-state index in [0.29, 0.717) is 15.4 Å². The van der Waals surface area contributed by atoms with E-state index in [2.05, 4.69) is 117 Å². The SMILES string of the molecule is C=CC.N#Cc1ccc(S(=O)c2ccc(-n3c4cc5c6ccccc6n(-c6ccccn6)c5cc4c4ccc5c(c6ccccc6n5-c5cnc6ccccc6n5)c43)cc2)cc1. The highest BCUT2D eigenvalue weighted by Gasteiger charge is 2.24. The number of fused-ring (bicyclic) bond motifs is 11. The zero-order valence-corrected chi connectivity index (χ0v) is 34.3. The Morgan fingerprint density at radius 1 is 0.565 bits per heavy atom. The van der Waals surface area contributed by atoms with Crippen molar-refractivity contribution in [2.24, 2.45) is 0 Å². The monoisotopic (exact) mass is 817 g/mol. The molecule has 0 fully saturated rings. The van der Waals surface area contributed by atoms with Crippen LogP contribution >= 0.6 is 0 Å². The smallest absolute Gasteiger partial charge is 0.156 e. The minimum absolute atomic E-state index is 0.532. The van der Waals surface area contributed by atoms with Gasteiger partial charge in [-0.3, -0.25) is 14.1 Å². The average Bonchev–Trinajstić information content (AvgIpc) is 3.96. The van der Waals surface area contributed by atoms with Crippen LogP contribution in [0.2, 0.25) is 0 Å². The Kier molecular flexibility index (Phi) is 8.81. The molecule has 12 aromatic rings. The van der Waals surface area contributed by atoms with Crippen molar-refractivity contribution < 1.29 is 4.21 Å². The maximum atomic E-state index is 13.8. The first-order valence-electron chi connectivity index (χ1n) is 20.2. The molecule has 9 heteroatoms. The predicted octanol–water partition coefficient (Wildman–Crippen LogP) is 12.5. The second kappa shape index (κ2) is 14.8. The van der Waals surface area contributed by atoms with E-state index in [-0.39, 0.29) is 0 Å². The molecule has 5 heterocycles. The molecule has 294 valence electrons. The first-order valence-corrected chi connectivity index (χ1v) is 21.4. The van der Waals surface area contributed by atoms with Crippen LogP contribution in [0.4, 0.5) is 0 Å².